The molecule has 19 heavy (non-hydrogen) atoms. The van der Waals surface area contributed by atoms with Crippen molar-refractivity contribution in [3.05, 3.63) is 22.7 Å². The normalized spacial score (nSPS) is 18.6. The van der Waals surface area contributed by atoms with Gasteiger partial charge in [-0.15, -0.1) is 0 Å². The van der Waals surface area contributed by atoms with E-state index in [0.717, 1.165) is 17.3 Å². The lowest BCUT2D eigenvalue weighted by molar-refractivity contribution is 0.185. The van der Waals surface area contributed by atoms with Gasteiger partial charge in [-0.05, 0) is 31.0 Å². The average Bonchev–Trinajstić information content (AvgIpc) is 2.77. The van der Waals surface area contributed by atoms with Crippen molar-refractivity contribution in [3.63, 3.8) is 0 Å². The number of hydrogen-bond donors (Lipinski definition) is 3. The van der Waals surface area contributed by atoms with Gasteiger partial charge >= 0.3 is 0 Å². The lowest BCUT2D eigenvalue weighted by Gasteiger charge is -2.27. The van der Waals surface area contributed by atoms with E-state index in [4.69, 9.17) is 5.73 Å². The molecule has 0 unspecified atom stereocenters. The highest BCUT2D eigenvalue weighted by Crippen LogP contribution is 2.32. The zero-order valence-corrected chi connectivity index (χ0v) is 12.8. The van der Waals surface area contributed by atoms with Crippen molar-refractivity contribution in [2.24, 2.45) is 0 Å². The number of hydrogen-bond acceptors (Lipinski definition) is 4. The molecule has 5 nitrogen and oxygen atoms in total. The third kappa shape index (κ3) is 3.10. The van der Waals surface area contributed by atoms with Crippen molar-refractivity contribution in [1.29, 1.82) is 0 Å². The van der Waals surface area contributed by atoms with Crippen molar-refractivity contribution in [2.75, 3.05) is 12.3 Å². The van der Waals surface area contributed by atoms with Gasteiger partial charge in [-0.3, -0.25) is 0 Å². The van der Waals surface area contributed by atoms with E-state index in [1.165, 1.54) is 6.07 Å². The SMILES string of the molecule is Nc1cc(Br)ccc1S(=O)(=O)NC1(CO)CCCC1. The van der Waals surface area contributed by atoms with Crippen LogP contribution in [0.1, 0.15) is 25.7 Å². The number of aliphatic hydroxyl groups excluding tert-OH is 1. The van der Waals surface area contributed by atoms with E-state index in [-0.39, 0.29) is 17.2 Å². The highest BCUT2D eigenvalue weighted by atomic mass is 79.9. The van der Waals surface area contributed by atoms with Crippen LogP contribution in [0.15, 0.2) is 27.6 Å². The molecule has 1 fully saturated rings. The Labute approximate surface area is 121 Å². The molecule has 1 aromatic rings. The largest absolute Gasteiger partial charge is 0.398 e. The molecule has 1 aliphatic carbocycles. The molecular formula is C12H17BrN2O3S. The number of halogens is 1. The second kappa shape index (κ2) is 5.40. The molecule has 106 valence electrons. The minimum absolute atomic E-state index is 0.0513. The molecule has 4 N–H and O–H groups in total. The quantitative estimate of drug-likeness (QED) is 0.720. The summed E-state index contributed by atoms with van der Waals surface area (Å²) in [5, 5.41) is 9.47. The maximum Gasteiger partial charge on any atom is 0.243 e. The number of nitrogens with two attached hydrogens (primary N) is 1. The molecule has 0 spiro atoms. The molecule has 1 saturated carbocycles. The molecule has 0 radical (unpaired) electrons. The Balaban J connectivity index is 2.32. The van der Waals surface area contributed by atoms with Gasteiger partial charge in [-0.2, -0.15) is 0 Å². The summed E-state index contributed by atoms with van der Waals surface area (Å²) in [5.74, 6) is 0. The highest BCUT2D eigenvalue weighted by Gasteiger charge is 2.37. The summed E-state index contributed by atoms with van der Waals surface area (Å²) >= 11 is 3.24. The number of nitrogen functional groups attached to an aromatic ring is 1. The van der Waals surface area contributed by atoms with Crippen LogP contribution in [0.3, 0.4) is 0 Å². The molecule has 0 aromatic heterocycles. The summed E-state index contributed by atoms with van der Waals surface area (Å²) in [6.07, 6.45) is 3.14. The zero-order valence-electron chi connectivity index (χ0n) is 10.4. The molecule has 0 bridgehead atoms. The van der Waals surface area contributed by atoms with Crippen LogP contribution in [0.4, 0.5) is 5.69 Å². The van der Waals surface area contributed by atoms with E-state index in [9.17, 15) is 13.5 Å². The second-order valence-corrected chi connectivity index (χ2v) is 7.50. The summed E-state index contributed by atoms with van der Waals surface area (Å²) in [6.45, 7) is -0.192. The Morgan fingerprint density at radius 3 is 2.53 bits per heavy atom. The van der Waals surface area contributed by atoms with Gasteiger partial charge in [0.2, 0.25) is 10.0 Å². The van der Waals surface area contributed by atoms with Crippen molar-refractivity contribution in [1.82, 2.24) is 4.72 Å². The van der Waals surface area contributed by atoms with Gasteiger partial charge in [0, 0.05) is 4.47 Å². The van der Waals surface area contributed by atoms with Gasteiger partial charge in [0.05, 0.1) is 17.8 Å². The topological polar surface area (TPSA) is 92.4 Å². The third-order valence-corrected chi connectivity index (χ3v) is 5.62. The van der Waals surface area contributed by atoms with Gasteiger partial charge in [-0.1, -0.05) is 28.8 Å². The van der Waals surface area contributed by atoms with Gasteiger partial charge in [0.15, 0.2) is 0 Å². The fourth-order valence-electron chi connectivity index (χ4n) is 2.45. The van der Waals surface area contributed by atoms with E-state index >= 15 is 0 Å². The van der Waals surface area contributed by atoms with Crippen LogP contribution in [0.5, 0.6) is 0 Å². The van der Waals surface area contributed by atoms with E-state index in [0.29, 0.717) is 12.8 Å². The third-order valence-electron chi connectivity index (χ3n) is 3.48. The van der Waals surface area contributed by atoms with Gasteiger partial charge in [0.1, 0.15) is 4.90 Å². The molecule has 0 amide bonds. The van der Waals surface area contributed by atoms with Crippen LogP contribution in [-0.2, 0) is 10.0 Å². The minimum atomic E-state index is -3.72. The average molecular weight is 349 g/mol. The number of aliphatic hydroxyl groups is 1. The Morgan fingerprint density at radius 2 is 2.00 bits per heavy atom. The summed E-state index contributed by atoms with van der Waals surface area (Å²) in [4.78, 5) is 0.0513. The maximum absolute atomic E-state index is 12.4. The second-order valence-electron chi connectivity index (χ2n) is 4.93. The standard InChI is InChI=1S/C12H17BrN2O3S/c13-9-3-4-11(10(14)7-9)19(17,18)15-12(8-16)5-1-2-6-12/h3-4,7,15-16H,1-2,5-6,8,14H2. The summed E-state index contributed by atoms with van der Waals surface area (Å²) in [7, 11) is -3.72. The van der Waals surface area contributed by atoms with E-state index in [1.54, 1.807) is 12.1 Å². The Hall–Kier alpha value is -0.630. The molecule has 1 aliphatic rings. The van der Waals surface area contributed by atoms with Crippen molar-refractivity contribution < 1.29 is 13.5 Å². The molecular weight excluding hydrogens is 332 g/mol. The van der Waals surface area contributed by atoms with Gasteiger partial charge < -0.3 is 10.8 Å². The van der Waals surface area contributed by atoms with Crippen molar-refractivity contribution in [3.8, 4) is 0 Å². The number of anilines is 1. The van der Waals surface area contributed by atoms with Crippen LogP contribution >= 0.6 is 15.9 Å². The summed E-state index contributed by atoms with van der Waals surface area (Å²) in [5.41, 5.74) is 5.20. The molecule has 0 saturated heterocycles. The number of rotatable bonds is 4. The smallest absolute Gasteiger partial charge is 0.243 e. The minimum Gasteiger partial charge on any atom is -0.398 e. The molecule has 0 heterocycles. The molecule has 2 rings (SSSR count). The van der Waals surface area contributed by atoms with Crippen LogP contribution in [0.2, 0.25) is 0 Å². The van der Waals surface area contributed by atoms with Gasteiger partial charge in [-0.25, -0.2) is 13.1 Å². The molecule has 0 atom stereocenters. The number of sulfonamides is 1. The first kappa shape index (κ1) is 14.8. The van der Waals surface area contributed by atoms with Crippen molar-refractivity contribution >= 4 is 31.6 Å². The lowest BCUT2D eigenvalue weighted by atomic mass is 10.0. The van der Waals surface area contributed by atoms with Crippen LogP contribution in [0.25, 0.3) is 0 Å². The fourth-order valence-corrected chi connectivity index (χ4v) is 4.39. The highest BCUT2D eigenvalue weighted by molar-refractivity contribution is 9.10. The summed E-state index contributed by atoms with van der Waals surface area (Å²) in [6, 6.07) is 4.64. The monoisotopic (exact) mass is 348 g/mol. The Kier molecular flexibility index (Phi) is 4.20. The number of benzene rings is 1. The maximum atomic E-state index is 12.4. The first-order chi connectivity index (χ1) is 8.88. The molecule has 7 heteroatoms. The fraction of sp³-hybridized carbons (Fsp3) is 0.500. The molecule has 0 aliphatic heterocycles. The van der Waals surface area contributed by atoms with Crippen LogP contribution in [-0.4, -0.2) is 25.7 Å². The lowest BCUT2D eigenvalue weighted by Crippen LogP contribution is -2.49. The van der Waals surface area contributed by atoms with Crippen molar-refractivity contribution in [2.45, 2.75) is 36.1 Å². The first-order valence-corrected chi connectivity index (χ1v) is 8.36. The Bertz CT molecular complexity index is 568. The van der Waals surface area contributed by atoms with E-state index in [2.05, 4.69) is 20.7 Å². The van der Waals surface area contributed by atoms with Gasteiger partial charge in [0.25, 0.3) is 0 Å². The Morgan fingerprint density at radius 1 is 1.37 bits per heavy atom. The van der Waals surface area contributed by atoms with Crippen LogP contribution < -0.4 is 10.5 Å². The summed E-state index contributed by atoms with van der Waals surface area (Å²) < 4.78 is 28.1. The predicted molar refractivity (Wildman–Crippen MR) is 77.2 cm³/mol. The zero-order chi connectivity index (χ0) is 14.1. The van der Waals surface area contributed by atoms with Crippen LogP contribution in [0, 0.1) is 0 Å². The number of nitrogens with one attached hydrogen (secondary N) is 1. The van der Waals surface area contributed by atoms with E-state index in [1.807, 2.05) is 0 Å². The molecule has 1 aromatic carbocycles. The van der Waals surface area contributed by atoms with E-state index < -0.39 is 15.6 Å². The predicted octanol–water partition coefficient (Wildman–Crippen LogP) is 1.61. The first-order valence-electron chi connectivity index (χ1n) is 6.08.